The molecule has 5 aliphatic rings. The molecule has 0 aromatic heterocycles. The minimum absolute atomic E-state index is 0.0525. The fraction of sp³-hybridized carbons (Fsp3) is 0.545. The Kier molecular flexibility index (Phi) is 3.78. The zero-order valence-corrected chi connectivity index (χ0v) is 15.3. The van der Waals surface area contributed by atoms with E-state index in [4.69, 9.17) is 0 Å². The molecule has 1 aliphatic heterocycles. The highest BCUT2D eigenvalue weighted by molar-refractivity contribution is 6.06. The van der Waals surface area contributed by atoms with Crippen molar-refractivity contribution in [3.05, 3.63) is 48.0 Å². The lowest BCUT2D eigenvalue weighted by Crippen LogP contribution is -2.40. The van der Waals surface area contributed by atoms with Gasteiger partial charge in [-0.25, -0.2) is 0 Å². The first-order valence-corrected chi connectivity index (χ1v) is 9.91. The van der Waals surface area contributed by atoms with Crippen molar-refractivity contribution in [1.29, 1.82) is 0 Å². The quantitative estimate of drug-likeness (QED) is 0.585. The maximum Gasteiger partial charge on any atom is 0.233 e. The summed E-state index contributed by atoms with van der Waals surface area (Å²) in [7, 11) is 2.10. The molecule has 1 saturated heterocycles. The van der Waals surface area contributed by atoms with E-state index >= 15 is 0 Å². The number of rotatable bonds is 6. The normalized spacial score (nSPS) is 36.6. The average Bonchev–Trinajstić information content (AvgIpc) is 3.43. The van der Waals surface area contributed by atoms with Crippen LogP contribution in [-0.4, -0.2) is 41.8 Å². The lowest BCUT2D eigenvalue weighted by atomic mass is 9.63. The van der Waals surface area contributed by atoms with E-state index in [9.17, 15) is 9.59 Å². The lowest BCUT2D eigenvalue weighted by molar-refractivity contribution is -0.140. The van der Waals surface area contributed by atoms with Crippen molar-refractivity contribution in [2.75, 3.05) is 20.1 Å². The molecule has 2 amide bonds. The van der Waals surface area contributed by atoms with Crippen LogP contribution in [0.5, 0.6) is 0 Å². The standard InChI is InChI=1S/C22H26N2O2/c1-23(13-14-6-3-2-4-7-14)10-5-11-24-21(25)19-15-8-9-16(18-12-17(15)18)20(19)22(24)26/h2-4,6-9,15-20H,5,10-13H2,1H3. The molecule has 26 heavy (non-hydrogen) atoms. The van der Waals surface area contributed by atoms with Crippen molar-refractivity contribution in [1.82, 2.24) is 9.80 Å². The van der Waals surface area contributed by atoms with Crippen LogP contribution in [0.15, 0.2) is 42.5 Å². The minimum Gasteiger partial charge on any atom is -0.302 e. The molecule has 1 aromatic carbocycles. The lowest BCUT2D eigenvalue weighted by Gasteiger charge is -2.37. The highest BCUT2D eigenvalue weighted by atomic mass is 16.2. The second-order valence-corrected chi connectivity index (χ2v) is 8.56. The predicted molar refractivity (Wildman–Crippen MR) is 98.8 cm³/mol. The minimum atomic E-state index is -0.0525. The smallest absolute Gasteiger partial charge is 0.233 e. The number of allylic oxidation sites excluding steroid dienone is 2. The van der Waals surface area contributed by atoms with E-state index in [1.807, 2.05) is 6.07 Å². The van der Waals surface area contributed by atoms with E-state index in [1.165, 1.54) is 12.0 Å². The molecular formula is C22H26N2O2. The van der Waals surface area contributed by atoms with Gasteiger partial charge in [-0.3, -0.25) is 14.5 Å². The monoisotopic (exact) mass is 350 g/mol. The predicted octanol–water partition coefficient (Wildman–Crippen LogP) is 2.56. The molecule has 3 fully saturated rings. The number of carbonyl (C=O) groups is 2. The SMILES string of the molecule is CN(CCCN1C(=O)C2C3C=CC(C4CC34)C2C1=O)Cc1ccccc1. The van der Waals surface area contributed by atoms with E-state index in [0.29, 0.717) is 30.2 Å². The summed E-state index contributed by atoms with van der Waals surface area (Å²) in [5, 5.41) is 0. The van der Waals surface area contributed by atoms with E-state index in [2.05, 4.69) is 48.4 Å². The largest absolute Gasteiger partial charge is 0.302 e. The molecule has 4 aliphatic carbocycles. The second kappa shape index (κ2) is 6.05. The third-order valence-electron chi connectivity index (χ3n) is 6.97. The van der Waals surface area contributed by atoms with Gasteiger partial charge in [-0.2, -0.15) is 0 Å². The first-order chi connectivity index (χ1) is 12.6. The average molecular weight is 350 g/mol. The molecule has 2 bridgehead atoms. The fourth-order valence-electron chi connectivity index (χ4n) is 5.71. The summed E-state index contributed by atoms with van der Waals surface area (Å²) in [4.78, 5) is 29.7. The van der Waals surface area contributed by atoms with Crippen molar-refractivity contribution < 1.29 is 9.59 Å². The highest BCUT2D eigenvalue weighted by Gasteiger charge is 2.66. The summed E-state index contributed by atoms with van der Waals surface area (Å²) < 4.78 is 0. The Hall–Kier alpha value is -1.94. The summed E-state index contributed by atoms with van der Waals surface area (Å²) in [5.74, 6) is 2.13. The van der Waals surface area contributed by atoms with Gasteiger partial charge >= 0.3 is 0 Å². The third-order valence-corrected chi connectivity index (χ3v) is 6.97. The number of likely N-dealkylation sites (tertiary alicyclic amines) is 1. The van der Waals surface area contributed by atoms with Gasteiger partial charge < -0.3 is 4.90 Å². The van der Waals surface area contributed by atoms with Gasteiger partial charge in [0.25, 0.3) is 0 Å². The number of hydrogen-bond acceptors (Lipinski definition) is 3. The van der Waals surface area contributed by atoms with Crippen LogP contribution in [-0.2, 0) is 16.1 Å². The van der Waals surface area contributed by atoms with Crippen molar-refractivity contribution >= 4 is 11.8 Å². The molecule has 6 rings (SSSR count). The molecule has 1 heterocycles. The number of imide groups is 1. The van der Waals surface area contributed by atoms with Crippen LogP contribution in [0.4, 0.5) is 0 Å². The number of carbonyl (C=O) groups excluding carboxylic acids is 2. The van der Waals surface area contributed by atoms with Crippen molar-refractivity contribution in [2.45, 2.75) is 19.4 Å². The molecule has 6 unspecified atom stereocenters. The van der Waals surface area contributed by atoms with E-state index in [-0.39, 0.29) is 23.7 Å². The zero-order valence-electron chi connectivity index (χ0n) is 15.3. The molecule has 0 spiro atoms. The topological polar surface area (TPSA) is 40.6 Å². The van der Waals surface area contributed by atoms with Crippen LogP contribution in [0, 0.1) is 35.5 Å². The molecule has 4 heteroatoms. The molecule has 0 N–H and O–H groups in total. The number of nitrogens with zero attached hydrogens (tertiary/aromatic N) is 2. The van der Waals surface area contributed by atoms with Crippen LogP contribution in [0.25, 0.3) is 0 Å². The van der Waals surface area contributed by atoms with Gasteiger partial charge in [0.1, 0.15) is 0 Å². The first kappa shape index (κ1) is 16.2. The molecule has 0 radical (unpaired) electrons. The molecule has 136 valence electrons. The maximum absolute atomic E-state index is 12.9. The fourth-order valence-corrected chi connectivity index (χ4v) is 5.71. The first-order valence-electron chi connectivity index (χ1n) is 9.91. The summed E-state index contributed by atoms with van der Waals surface area (Å²) >= 11 is 0. The molecule has 2 saturated carbocycles. The molecule has 1 aromatic rings. The highest BCUT2D eigenvalue weighted by Crippen LogP contribution is 2.65. The van der Waals surface area contributed by atoms with Gasteiger partial charge in [-0.15, -0.1) is 0 Å². The van der Waals surface area contributed by atoms with E-state index in [0.717, 1.165) is 19.5 Å². The Labute approximate surface area is 154 Å². The van der Waals surface area contributed by atoms with Crippen LogP contribution in [0.2, 0.25) is 0 Å². The zero-order chi connectivity index (χ0) is 17.8. The van der Waals surface area contributed by atoms with Crippen LogP contribution >= 0.6 is 0 Å². The molecule has 6 atom stereocenters. The molecule has 4 nitrogen and oxygen atoms in total. The Balaban J connectivity index is 1.18. The third kappa shape index (κ3) is 2.46. The van der Waals surface area contributed by atoms with Gasteiger partial charge in [-0.05, 0) is 55.7 Å². The number of hydrogen-bond donors (Lipinski definition) is 0. The Morgan fingerprint density at radius 1 is 1.00 bits per heavy atom. The maximum atomic E-state index is 12.9. The summed E-state index contributed by atoms with van der Waals surface area (Å²) in [5.41, 5.74) is 1.29. The van der Waals surface area contributed by atoms with Gasteiger partial charge in [0, 0.05) is 13.1 Å². The van der Waals surface area contributed by atoms with Gasteiger partial charge in [0.05, 0.1) is 11.8 Å². The number of benzene rings is 1. The van der Waals surface area contributed by atoms with Crippen molar-refractivity contribution in [2.24, 2.45) is 35.5 Å². The Morgan fingerprint density at radius 2 is 1.62 bits per heavy atom. The molecular weight excluding hydrogens is 324 g/mol. The Bertz CT molecular complexity index is 723. The van der Waals surface area contributed by atoms with Crippen molar-refractivity contribution in [3.63, 3.8) is 0 Å². The van der Waals surface area contributed by atoms with E-state index in [1.54, 1.807) is 4.90 Å². The van der Waals surface area contributed by atoms with Gasteiger partial charge in [0.15, 0.2) is 0 Å². The number of amides is 2. The van der Waals surface area contributed by atoms with E-state index < -0.39 is 0 Å². The second-order valence-electron chi connectivity index (χ2n) is 8.56. The van der Waals surface area contributed by atoms with Crippen LogP contribution < -0.4 is 0 Å². The van der Waals surface area contributed by atoms with Crippen LogP contribution in [0.3, 0.4) is 0 Å². The summed E-state index contributed by atoms with van der Waals surface area (Å²) in [6.45, 7) is 2.35. The summed E-state index contributed by atoms with van der Waals surface area (Å²) in [6.07, 6.45) is 6.54. The Morgan fingerprint density at radius 3 is 2.23 bits per heavy atom. The van der Waals surface area contributed by atoms with Crippen LogP contribution in [0.1, 0.15) is 18.4 Å². The van der Waals surface area contributed by atoms with Crippen molar-refractivity contribution in [3.8, 4) is 0 Å². The van der Waals surface area contributed by atoms with Gasteiger partial charge in [-0.1, -0.05) is 42.5 Å². The van der Waals surface area contributed by atoms with Gasteiger partial charge in [0.2, 0.25) is 11.8 Å². The summed E-state index contributed by atoms with van der Waals surface area (Å²) in [6, 6.07) is 10.4.